The molecule has 4 rings (SSSR count). The van der Waals surface area contributed by atoms with Crippen molar-refractivity contribution in [3.63, 3.8) is 0 Å². The van der Waals surface area contributed by atoms with Crippen LogP contribution in [0.15, 0.2) is 59.8 Å². The molecular formula is C24H28N4O2S. The zero-order valence-electron chi connectivity index (χ0n) is 17.7. The number of H-pyrrole nitrogens is 1. The summed E-state index contributed by atoms with van der Waals surface area (Å²) in [5.74, 6) is 2.12. The molecule has 1 saturated carbocycles. The lowest BCUT2D eigenvalue weighted by atomic mass is 10.0. The molecule has 2 aromatic carbocycles. The van der Waals surface area contributed by atoms with Crippen LogP contribution in [-0.4, -0.2) is 27.7 Å². The van der Waals surface area contributed by atoms with Gasteiger partial charge in [-0.25, -0.2) is 4.98 Å². The van der Waals surface area contributed by atoms with E-state index in [4.69, 9.17) is 4.74 Å². The Morgan fingerprint density at radius 1 is 1.16 bits per heavy atom. The van der Waals surface area contributed by atoms with Crippen molar-refractivity contribution in [1.29, 1.82) is 0 Å². The van der Waals surface area contributed by atoms with Crippen LogP contribution in [0.5, 0.6) is 5.75 Å². The summed E-state index contributed by atoms with van der Waals surface area (Å²) in [6.45, 7) is 2.46. The van der Waals surface area contributed by atoms with Crippen molar-refractivity contribution in [2.75, 3.05) is 11.9 Å². The van der Waals surface area contributed by atoms with Crippen LogP contribution >= 0.6 is 11.8 Å². The maximum Gasteiger partial charge on any atom is 0.242 e. The minimum Gasteiger partial charge on any atom is -0.492 e. The highest BCUT2D eigenvalue weighted by Crippen LogP contribution is 2.36. The number of carbonyl (C=O) groups is 1. The number of hydrogen-bond donors (Lipinski definition) is 2. The fourth-order valence-electron chi connectivity index (χ4n) is 3.97. The van der Waals surface area contributed by atoms with Gasteiger partial charge in [-0.15, -0.1) is 5.10 Å². The largest absolute Gasteiger partial charge is 0.492 e. The number of rotatable bonds is 9. The lowest BCUT2D eigenvalue weighted by molar-refractivity contribution is -0.115. The Hall–Kier alpha value is -2.80. The molecule has 1 heterocycles. The second-order valence-electron chi connectivity index (χ2n) is 7.75. The summed E-state index contributed by atoms with van der Waals surface area (Å²) >= 11 is 1.36. The zero-order valence-corrected chi connectivity index (χ0v) is 18.5. The highest BCUT2D eigenvalue weighted by atomic mass is 32.2. The number of ether oxygens (including phenoxy) is 1. The Morgan fingerprint density at radius 3 is 2.68 bits per heavy atom. The van der Waals surface area contributed by atoms with E-state index in [1.807, 2.05) is 61.5 Å². The number of carbonyl (C=O) groups excluding carboxylic acids is 1. The molecule has 1 atom stereocenters. The Kier molecular flexibility index (Phi) is 7.25. The van der Waals surface area contributed by atoms with Crippen LogP contribution in [0.2, 0.25) is 0 Å². The lowest BCUT2D eigenvalue weighted by Gasteiger charge is -2.17. The van der Waals surface area contributed by atoms with Crippen molar-refractivity contribution in [1.82, 2.24) is 15.2 Å². The molecule has 0 aliphatic heterocycles. The second-order valence-corrected chi connectivity index (χ2v) is 8.82. The number of amides is 1. The summed E-state index contributed by atoms with van der Waals surface area (Å²) in [6.07, 6.45) is 6.06. The van der Waals surface area contributed by atoms with Crippen molar-refractivity contribution in [3.8, 4) is 5.75 Å². The summed E-state index contributed by atoms with van der Waals surface area (Å²) in [6, 6.07) is 17.2. The van der Waals surface area contributed by atoms with Crippen molar-refractivity contribution in [2.45, 2.75) is 49.4 Å². The maximum atomic E-state index is 13.3. The standard InChI is InChI=1S/C24H28N4O2S/c1-2-30-20-15-9-8-14-19(20)25-23(29)22(18-12-4-3-5-13-18)31-24-26-21(27-28-24)16-17-10-6-7-11-17/h3-5,8-9,12-15,17,22H,2,6-7,10-11,16H2,1H3,(H,25,29)(H,26,27,28). The highest BCUT2D eigenvalue weighted by molar-refractivity contribution is 8.00. The molecule has 162 valence electrons. The van der Waals surface area contributed by atoms with Gasteiger partial charge in [0.1, 0.15) is 16.8 Å². The van der Waals surface area contributed by atoms with Gasteiger partial charge in [-0.2, -0.15) is 0 Å². The number of aromatic nitrogens is 3. The number of thioether (sulfide) groups is 1. The van der Waals surface area contributed by atoms with Gasteiger partial charge in [-0.1, -0.05) is 79.9 Å². The van der Waals surface area contributed by atoms with E-state index in [2.05, 4.69) is 20.5 Å². The van der Waals surface area contributed by atoms with Gasteiger partial charge in [0, 0.05) is 6.42 Å². The monoisotopic (exact) mass is 436 g/mol. The quantitative estimate of drug-likeness (QED) is 0.439. The lowest BCUT2D eigenvalue weighted by Crippen LogP contribution is -2.19. The first-order chi connectivity index (χ1) is 15.2. The molecule has 6 nitrogen and oxygen atoms in total. The second kappa shape index (κ2) is 10.5. The molecule has 0 spiro atoms. The molecule has 1 amide bonds. The van der Waals surface area contributed by atoms with Gasteiger partial charge in [-0.3, -0.25) is 9.89 Å². The number of aromatic amines is 1. The van der Waals surface area contributed by atoms with E-state index < -0.39 is 5.25 Å². The highest BCUT2D eigenvalue weighted by Gasteiger charge is 2.25. The van der Waals surface area contributed by atoms with Crippen LogP contribution in [0, 0.1) is 5.92 Å². The molecule has 1 aliphatic carbocycles. The van der Waals surface area contributed by atoms with Crippen molar-refractivity contribution < 1.29 is 9.53 Å². The van der Waals surface area contributed by atoms with Crippen molar-refractivity contribution in [2.24, 2.45) is 5.92 Å². The predicted molar refractivity (Wildman–Crippen MR) is 123 cm³/mol. The van der Waals surface area contributed by atoms with E-state index in [1.54, 1.807) is 0 Å². The molecule has 31 heavy (non-hydrogen) atoms. The van der Waals surface area contributed by atoms with Gasteiger partial charge < -0.3 is 10.1 Å². The summed E-state index contributed by atoms with van der Waals surface area (Å²) in [7, 11) is 0. The molecule has 7 heteroatoms. The van der Waals surface area contributed by atoms with Crippen LogP contribution < -0.4 is 10.1 Å². The third-order valence-electron chi connectivity index (χ3n) is 5.48. The number of nitrogens with one attached hydrogen (secondary N) is 2. The molecule has 3 aromatic rings. The minimum absolute atomic E-state index is 0.134. The smallest absolute Gasteiger partial charge is 0.242 e. The van der Waals surface area contributed by atoms with Gasteiger partial charge in [0.15, 0.2) is 0 Å². The van der Waals surface area contributed by atoms with E-state index in [-0.39, 0.29) is 5.91 Å². The minimum atomic E-state index is -0.481. The van der Waals surface area contributed by atoms with Crippen LogP contribution in [0.4, 0.5) is 5.69 Å². The van der Waals surface area contributed by atoms with Gasteiger partial charge in [0.25, 0.3) is 0 Å². The van der Waals surface area contributed by atoms with Crippen LogP contribution in [0.1, 0.15) is 49.2 Å². The molecule has 1 unspecified atom stereocenters. The van der Waals surface area contributed by atoms with Crippen LogP contribution in [0.25, 0.3) is 0 Å². The van der Waals surface area contributed by atoms with Crippen LogP contribution in [-0.2, 0) is 11.2 Å². The van der Waals surface area contributed by atoms with E-state index in [9.17, 15) is 4.79 Å². The average molecular weight is 437 g/mol. The SMILES string of the molecule is CCOc1ccccc1NC(=O)C(Sc1n[nH]c(CC2CCCC2)n1)c1ccccc1. The number of benzene rings is 2. The summed E-state index contributed by atoms with van der Waals surface area (Å²) in [5.41, 5.74) is 1.56. The molecular weight excluding hydrogens is 408 g/mol. The Balaban J connectivity index is 1.51. The molecule has 2 N–H and O–H groups in total. The molecule has 1 aliphatic rings. The van der Waals surface area contributed by atoms with Gasteiger partial charge in [0.05, 0.1) is 12.3 Å². The van der Waals surface area contributed by atoms with Gasteiger partial charge in [-0.05, 0) is 30.5 Å². The number of para-hydroxylation sites is 2. The third kappa shape index (κ3) is 5.67. The van der Waals surface area contributed by atoms with E-state index in [0.29, 0.717) is 29.1 Å². The topological polar surface area (TPSA) is 79.9 Å². The predicted octanol–water partition coefficient (Wildman–Crippen LogP) is 5.41. The van der Waals surface area contributed by atoms with E-state index >= 15 is 0 Å². The fourth-order valence-corrected chi connectivity index (χ4v) is 4.90. The van der Waals surface area contributed by atoms with E-state index in [0.717, 1.165) is 17.8 Å². The Morgan fingerprint density at radius 2 is 1.90 bits per heavy atom. The fraction of sp³-hybridized carbons (Fsp3) is 0.375. The number of nitrogens with zero attached hydrogens (tertiary/aromatic N) is 2. The molecule has 0 bridgehead atoms. The van der Waals surface area contributed by atoms with Gasteiger partial charge in [0.2, 0.25) is 11.1 Å². The first kappa shape index (κ1) is 21.4. The van der Waals surface area contributed by atoms with Crippen LogP contribution in [0.3, 0.4) is 0 Å². The van der Waals surface area contributed by atoms with E-state index in [1.165, 1.54) is 37.4 Å². The summed E-state index contributed by atoms with van der Waals surface area (Å²) < 4.78 is 5.66. The number of hydrogen-bond acceptors (Lipinski definition) is 5. The van der Waals surface area contributed by atoms with Gasteiger partial charge >= 0.3 is 0 Å². The Bertz CT molecular complexity index is 986. The molecule has 0 saturated heterocycles. The Labute approximate surface area is 187 Å². The summed E-state index contributed by atoms with van der Waals surface area (Å²) in [4.78, 5) is 18.0. The molecule has 0 radical (unpaired) electrons. The maximum absolute atomic E-state index is 13.3. The molecule has 1 aromatic heterocycles. The van der Waals surface area contributed by atoms with Crippen molar-refractivity contribution >= 4 is 23.4 Å². The van der Waals surface area contributed by atoms with Crippen molar-refractivity contribution in [3.05, 3.63) is 66.0 Å². The first-order valence-electron chi connectivity index (χ1n) is 10.9. The number of anilines is 1. The third-order valence-corrected chi connectivity index (χ3v) is 6.59. The average Bonchev–Trinajstić information content (AvgIpc) is 3.46. The zero-order chi connectivity index (χ0) is 21.5. The molecule has 1 fully saturated rings. The summed E-state index contributed by atoms with van der Waals surface area (Å²) in [5, 5.41) is 10.6. The first-order valence-corrected chi connectivity index (χ1v) is 11.8. The normalized spacial score (nSPS) is 15.0.